The van der Waals surface area contributed by atoms with Gasteiger partial charge in [-0.05, 0) is 83.1 Å². The molecule has 4 heterocycles. The first-order chi connectivity index (χ1) is 28.2. The Morgan fingerprint density at radius 1 is 0.632 bits per heavy atom. The number of benzene rings is 7. The number of hydrogen-bond donors (Lipinski definition) is 1. The number of aromatic nitrogens is 1. The number of hydrogen-bond acceptors (Lipinski definition) is 4. The predicted molar refractivity (Wildman–Crippen MR) is 235 cm³/mol. The number of thiophene rings is 1. The Hall–Kier alpha value is -6.73. The van der Waals surface area contributed by atoms with E-state index in [0.717, 1.165) is 34.0 Å². The molecule has 57 heavy (non-hydrogen) atoms. The molecule has 0 radical (unpaired) electrons. The molecule has 272 valence electrons. The van der Waals surface area contributed by atoms with Crippen LogP contribution in [-0.4, -0.2) is 10.4 Å². The van der Waals surface area contributed by atoms with Crippen LogP contribution in [0.2, 0.25) is 0 Å². The van der Waals surface area contributed by atoms with Crippen molar-refractivity contribution in [2.45, 2.75) is 18.2 Å². The molecule has 1 aliphatic carbocycles. The van der Waals surface area contributed by atoms with Crippen molar-refractivity contribution in [3.63, 3.8) is 0 Å². The molecule has 9 aromatic rings. The first-order valence-electron chi connectivity index (χ1n) is 19.5. The number of amidine groups is 1. The second-order valence-corrected chi connectivity index (χ2v) is 16.1. The number of ether oxygens (including phenoxy) is 1. The summed E-state index contributed by atoms with van der Waals surface area (Å²) in [6.07, 6.45) is 5.95. The number of fused-ring (bicyclic) bond motifs is 9. The van der Waals surface area contributed by atoms with Gasteiger partial charge in [-0.1, -0.05) is 133 Å². The van der Waals surface area contributed by atoms with Crippen LogP contribution in [0.15, 0.2) is 193 Å². The van der Waals surface area contributed by atoms with E-state index in [-0.39, 0.29) is 24.2 Å². The average Bonchev–Trinajstić information content (AvgIpc) is 3.96. The van der Waals surface area contributed by atoms with Crippen LogP contribution in [0.4, 0.5) is 0 Å². The fraction of sp³-hybridized carbons (Fsp3) is 0.0784. The summed E-state index contributed by atoms with van der Waals surface area (Å²) < 4.78 is 11.7. The van der Waals surface area contributed by atoms with Crippen molar-refractivity contribution in [2.75, 3.05) is 0 Å². The van der Waals surface area contributed by atoms with Crippen LogP contribution in [0.5, 0.6) is 5.75 Å². The van der Waals surface area contributed by atoms with Gasteiger partial charge in [-0.15, -0.1) is 11.3 Å². The number of allylic oxidation sites excluding steroid dienone is 3. The van der Waals surface area contributed by atoms with Gasteiger partial charge in [-0.3, -0.25) is 4.99 Å². The van der Waals surface area contributed by atoms with E-state index in [0.29, 0.717) is 0 Å². The Balaban J connectivity index is 0.933. The van der Waals surface area contributed by atoms with E-state index in [1.807, 2.05) is 23.5 Å². The standard InChI is InChI=1S/C51H35N4OS/c1-3-13-31(14-4-1)49-52-50(32-15-5-2-6-16-32)54-51(53-49)38-19-11-23-43-47(38)37-27-25-34(30-44(37)56-43)33-26-28-45-39(29-33)48-42(22-12-24-46(48)57-45)55-40-20-9-7-17-35(40)36-18-8-10-21-41(36)55/h1-30,38,47,49-50H,(H,53,54)/q-1. The number of aliphatic imine (C=N–C) groups is 1. The van der Waals surface area contributed by atoms with Gasteiger partial charge in [0, 0.05) is 42.4 Å². The van der Waals surface area contributed by atoms with Crippen molar-refractivity contribution < 1.29 is 4.74 Å². The predicted octanol–water partition coefficient (Wildman–Crippen LogP) is 13.1. The Bertz CT molecular complexity index is 3090. The molecule has 1 N–H and O–H groups in total. The van der Waals surface area contributed by atoms with E-state index in [9.17, 15) is 0 Å². The zero-order valence-corrected chi connectivity index (χ0v) is 31.6. The lowest BCUT2D eigenvalue weighted by Crippen LogP contribution is -2.40. The second kappa shape index (κ2) is 12.9. The molecule has 5 nitrogen and oxygen atoms in total. The summed E-state index contributed by atoms with van der Waals surface area (Å²) in [6.45, 7) is 0. The summed E-state index contributed by atoms with van der Waals surface area (Å²) in [7, 11) is 0. The molecule has 4 unspecified atom stereocenters. The number of rotatable bonds is 5. The van der Waals surface area contributed by atoms with Crippen molar-refractivity contribution in [1.29, 1.82) is 0 Å². The molecule has 0 spiro atoms. The zero-order chi connectivity index (χ0) is 37.5. The maximum Gasteiger partial charge on any atom is 0.131 e. The van der Waals surface area contributed by atoms with Crippen LogP contribution in [0.25, 0.3) is 64.1 Å². The molecule has 2 aliphatic heterocycles. The van der Waals surface area contributed by atoms with E-state index in [4.69, 9.17) is 15.0 Å². The summed E-state index contributed by atoms with van der Waals surface area (Å²) in [5, 5.41) is 14.0. The first-order valence-corrected chi connectivity index (χ1v) is 20.4. The smallest absolute Gasteiger partial charge is 0.131 e. The molecular formula is C51H35N4OS-. The molecule has 0 bridgehead atoms. The summed E-state index contributed by atoms with van der Waals surface area (Å²) >= 11 is 1.86. The average molecular weight is 752 g/mol. The van der Waals surface area contributed by atoms with Crippen molar-refractivity contribution in [1.82, 2.24) is 9.88 Å². The van der Waals surface area contributed by atoms with Gasteiger partial charge in [-0.2, -0.15) is 0 Å². The van der Waals surface area contributed by atoms with Gasteiger partial charge in [0.1, 0.15) is 17.3 Å². The molecule has 0 fully saturated rings. The van der Waals surface area contributed by atoms with Gasteiger partial charge in [0.05, 0.1) is 22.6 Å². The molecule has 7 aromatic carbocycles. The molecular weight excluding hydrogens is 717 g/mol. The van der Waals surface area contributed by atoms with Gasteiger partial charge in [-0.25, -0.2) is 0 Å². The van der Waals surface area contributed by atoms with Crippen LogP contribution < -0.4 is 10.1 Å². The van der Waals surface area contributed by atoms with Crippen molar-refractivity contribution in [2.24, 2.45) is 10.9 Å². The van der Waals surface area contributed by atoms with Gasteiger partial charge in [0.2, 0.25) is 0 Å². The molecule has 0 saturated heterocycles. The summed E-state index contributed by atoms with van der Waals surface area (Å²) in [6, 6.07) is 58.7. The maximum atomic E-state index is 6.71. The van der Waals surface area contributed by atoms with E-state index < -0.39 is 0 Å². The molecule has 6 heteroatoms. The lowest BCUT2D eigenvalue weighted by atomic mass is 9.81. The highest BCUT2D eigenvalue weighted by atomic mass is 32.1. The Labute approximate surface area is 333 Å². The molecule has 12 rings (SSSR count). The second-order valence-electron chi connectivity index (χ2n) is 15.1. The molecule has 4 atom stereocenters. The zero-order valence-electron chi connectivity index (χ0n) is 30.8. The van der Waals surface area contributed by atoms with E-state index in [1.54, 1.807) is 0 Å². The van der Waals surface area contributed by atoms with Gasteiger partial charge < -0.3 is 19.9 Å². The Kier molecular flexibility index (Phi) is 7.37. The molecule has 2 aromatic heterocycles. The quantitative estimate of drug-likeness (QED) is 0.190. The normalized spacial score (nSPS) is 19.9. The third-order valence-corrected chi connectivity index (χ3v) is 12.9. The summed E-state index contributed by atoms with van der Waals surface area (Å²) in [4.78, 5) is 5.26. The highest BCUT2D eigenvalue weighted by Crippen LogP contribution is 2.50. The topological polar surface area (TPSA) is 52.6 Å². The van der Waals surface area contributed by atoms with Gasteiger partial charge >= 0.3 is 0 Å². The van der Waals surface area contributed by atoms with Crippen molar-refractivity contribution >= 4 is 59.2 Å². The number of para-hydroxylation sites is 2. The molecule has 0 saturated carbocycles. The number of nitrogens with zero attached hydrogens (tertiary/aromatic N) is 3. The van der Waals surface area contributed by atoms with Crippen LogP contribution in [0.3, 0.4) is 0 Å². The van der Waals surface area contributed by atoms with E-state index in [2.05, 4.69) is 180 Å². The fourth-order valence-corrected chi connectivity index (χ4v) is 10.3. The van der Waals surface area contributed by atoms with Crippen LogP contribution in [0, 0.1) is 5.92 Å². The first kappa shape index (κ1) is 32.5. The highest BCUT2D eigenvalue weighted by molar-refractivity contribution is 7.25. The Morgan fingerprint density at radius 2 is 1.33 bits per heavy atom. The maximum absolute atomic E-state index is 6.71. The summed E-state index contributed by atoms with van der Waals surface area (Å²) in [5.41, 5.74) is 9.32. The largest absolute Gasteiger partial charge is 0.613 e. The monoisotopic (exact) mass is 751 g/mol. The van der Waals surface area contributed by atoms with Crippen LogP contribution in [0.1, 0.15) is 34.9 Å². The lowest BCUT2D eigenvalue weighted by molar-refractivity contribution is 0.412. The van der Waals surface area contributed by atoms with Crippen LogP contribution >= 0.6 is 11.3 Å². The number of nitrogens with one attached hydrogen (secondary N) is 1. The minimum Gasteiger partial charge on any atom is -0.613 e. The van der Waals surface area contributed by atoms with Crippen LogP contribution in [-0.2, 0) is 0 Å². The van der Waals surface area contributed by atoms with Gasteiger partial charge in [0.15, 0.2) is 0 Å². The molecule has 0 amide bonds. The summed E-state index contributed by atoms with van der Waals surface area (Å²) in [5.74, 6) is 2.75. The minimum absolute atomic E-state index is 0.00770. The fourth-order valence-electron chi connectivity index (χ4n) is 9.19. The SMILES string of the molecule is C1=CC(C2=NC(c3ccccc3)[N-]C(c3ccccc3)N2)C2C(=C1)Oc1cc(-c3ccc4sc5cccc(-n6c7ccccc7c7ccccc76)c5c4c3)ccc12. The highest BCUT2D eigenvalue weighted by Gasteiger charge is 2.39. The lowest BCUT2D eigenvalue weighted by Gasteiger charge is -2.45. The van der Waals surface area contributed by atoms with E-state index >= 15 is 0 Å². The Morgan fingerprint density at radius 3 is 2.12 bits per heavy atom. The van der Waals surface area contributed by atoms with Gasteiger partial charge in [0.25, 0.3) is 0 Å². The third-order valence-electron chi connectivity index (χ3n) is 11.8. The molecule has 3 aliphatic rings. The third kappa shape index (κ3) is 5.22. The minimum atomic E-state index is -0.307. The van der Waals surface area contributed by atoms with E-state index in [1.165, 1.54) is 58.8 Å². The van der Waals surface area contributed by atoms with Crippen molar-refractivity contribution in [3.05, 3.63) is 210 Å². The van der Waals surface area contributed by atoms with Crippen molar-refractivity contribution in [3.8, 4) is 22.6 Å².